The molecule has 0 spiro atoms. The second-order valence-corrected chi connectivity index (χ2v) is 4.48. The highest BCUT2D eigenvalue weighted by molar-refractivity contribution is 5.45. The second kappa shape index (κ2) is 5.75. The molecule has 1 atom stereocenters. The Morgan fingerprint density at radius 3 is 2.84 bits per heavy atom. The number of aromatic hydroxyl groups is 1. The normalized spacial score (nSPS) is 12.4. The van der Waals surface area contributed by atoms with Crippen molar-refractivity contribution in [2.45, 2.75) is 19.5 Å². The van der Waals surface area contributed by atoms with E-state index in [1.165, 1.54) is 0 Å². The summed E-state index contributed by atoms with van der Waals surface area (Å²) in [5, 5.41) is 17.7. The van der Waals surface area contributed by atoms with Gasteiger partial charge in [-0.15, -0.1) is 0 Å². The molecular weight excluding hydrogens is 242 g/mol. The fourth-order valence-electron chi connectivity index (χ4n) is 1.91. The molecule has 102 valence electrons. The summed E-state index contributed by atoms with van der Waals surface area (Å²) in [5.41, 5.74) is 1.78. The van der Waals surface area contributed by atoms with E-state index in [-0.39, 0.29) is 11.8 Å². The Kier molecular flexibility index (Phi) is 4.06. The minimum atomic E-state index is 0.117. The van der Waals surface area contributed by atoms with Crippen LogP contribution in [-0.4, -0.2) is 22.0 Å². The fraction of sp³-hybridized carbons (Fsp3) is 0.357. The number of phenolic OH excluding ortho intramolecular Hbond substituents is 1. The van der Waals surface area contributed by atoms with E-state index in [9.17, 15) is 5.11 Å². The summed E-state index contributed by atoms with van der Waals surface area (Å²) >= 11 is 0. The van der Waals surface area contributed by atoms with E-state index in [0.717, 1.165) is 11.3 Å². The van der Waals surface area contributed by atoms with Crippen LogP contribution in [0.1, 0.15) is 24.2 Å². The summed E-state index contributed by atoms with van der Waals surface area (Å²) in [7, 11) is 3.44. The van der Waals surface area contributed by atoms with Crippen LogP contribution >= 0.6 is 0 Å². The molecular formula is C14H19N3O2. The molecule has 0 aliphatic heterocycles. The van der Waals surface area contributed by atoms with Crippen LogP contribution in [0, 0.1) is 0 Å². The number of nitrogens with zero attached hydrogens (tertiary/aromatic N) is 2. The van der Waals surface area contributed by atoms with E-state index in [1.54, 1.807) is 17.9 Å². The van der Waals surface area contributed by atoms with Crippen molar-refractivity contribution in [3.05, 3.63) is 41.7 Å². The molecule has 0 fully saturated rings. The van der Waals surface area contributed by atoms with Crippen molar-refractivity contribution in [1.82, 2.24) is 15.1 Å². The highest BCUT2D eigenvalue weighted by Crippen LogP contribution is 2.29. The molecule has 1 heterocycles. The molecule has 1 aromatic heterocycles. The molecule has 0 amide bonds. The lowest BCUT2D eigenvalue weighted by Crippen LogP contribution is -2.18. The molecule has 0 radical (unpaired) electrons. The lowest BCUT2D eigenvalue weighted by atomic mass is 10.1. The van der Waals surface area contributed by atoms with E-state index < -0.39 is 0 Å². The van der Waals surface area contributed by atoms with E-state index in [0.29, 0.717) is 12.3 Å². The molecule has 2 N–H and O–H groups in total. The van der Waals surface area contributed by atoms with Crippen LogP contribution in [0.3, 0.4) is 0 Å². The van der Waals surface area contributed by atoms with E-state index in [1.807, 2.05) is 38.4 Å². The van der Waals surface area contributed by atoms with Crippen molar-refractivity contribution < 1.29 is 9.84 Å². The SMILES string of the molecule is COc1cccc(CNC(C)c2ccn(C)n2)c1O. The predicted molar refractivity (Wildman–Crippen MR) is 73.1 cm³/mol. The third-order valence-corrected chi connectivity index (χ3v) is 3.08. The zero-order valence-electron chi connectivity index (χ0n) is 11.4. The lowest BCUT2D eigenvalue weighted by Gasteiger charge is -2.13. The number of aromatic nitrogens is 2. The minimum absolute atomic E-state index is 0.117. The number of nitrogens with one attached hydrogen (secondary N) is 1. The zero-order chi connectivity index (χ0) is 13.8. The average molecular weight is 261 g/mol. The number of hydrogen-bond acceptors (Lipinski definition) is 4. The number of para-hydroxylation sites is 1. The zero-order valence-corrected chi connectivity index (χ0v) is 11.4. The van der Waals surface area contributed by atoms with Gasteiger partial charge >= 0.3 is 0 Å². The Balaban J connectivity index is 2.02. The summed E-state index contributed by atoms with van der Waals surface area (Å²) < 4.78 is 6.86. The van der Waals surface area contributed by atoms with Gasteiger partial charge in [-0.1, -0.05) is 12.1 Å². The number of aryl methyl sites for hydroxylation is 1. The smallest absolute Gasteiger partial charge is 0.162 e. The van der Waals surface area contributed by atoms with E-state index >= 15 is 0 Å². The molecule has 0 bridgehead atoms. The third-order valence-electron chi connectivity index (χ3n) is 3.08. The number of hydrogen-bond donors (Lipinski definition) is 2. The molecule has 0 aliphatic carbocycles. The minimum Gasteiger partial charge on any atom is -0.504 e. The third kappa shape index (κ3) is 3.06. The van der Waals surface area contributed by atoms with Crippen LogP contribution in [0.4, 0.5) is 0 Å². The molecule has 1 aromatic carbocycles. The van der Waals surface area contributed by atoms with Crippen molar-refractivity contribution in [3.63, 3.8) is 0 Å². The fourth-order valence-corrected chi connectivity index (χ4v) is 1.91. The Bertz CT molecular complexity index is 551. The summed E-state index contributed by atoms with van der Waals surface area (Å²) in [5.74, 6) is 0.676. The maximum Gasteiger partial charge on any atom is 0.162 e. The Morgan fingerprint density at radius 1 is 1.42 bits per heavy atom. The quantitative estimate of drug-likeness (QED) is 0.864. The monoisotopic (exact) mass is 261 g/mol. The molecule has 5 nitrogen and oxygen atoms in total. The molecule has 0 saturated heterocycles. The lowest BCUT2D eigenvalue weighted by molar-refractivity contribution is 0.369. The van der Waals surface area contributed by atoms with Gasteiger partial charge in [-0.05, 0) is 19.1 Å². The van der Waals surface area contributed by atoms with E-state index in [2.05, 4.69) is 10.4 Å². The van der Waals surface area contributed by atoms with Crippen LogP contribution in [0.15, 0.2) is 30.5 Å². The van der Waals surface area contributed by atoms with Crippen molar-refractivity contribution in [2.24, 2.45) is 7.05 Å². The molecule has 2 aromatic rings. The topological polar surface area (TPSA) is 59.3 Å². The van der Waals surface area contributed by atoms with Crippen molar-refractivity contribution in [2.75, 3.05) is 7.11 Å². The van der Waals surface area contributed by atoms with E-state index in [4.69, 9.17) is 4.74 Å². The van der Waals surface area contributed by atoms with Gasteiger partial charge in [0.25, 0.3) is 0 Å². The number of methoxy groups -OCH3 is 1. The summed E-state index contributed by atoms with van der Waals surface area (Å²) in [6.45, 7) is 2.60. The van der Waals surface area contributed by atoms with Gasteiger partial charge in [-0.2, -0.15) is 5.10 Å². The van der Waals surface area contributed by atoms with Gasteiger partial charge < -0.3 is 15.2 Å². The summed E-state index contributed by atoms with van der Waals surface area (Å²) in [6, 6.07) is 7.56. The van der Waals surface area contributed by atoms with Crippen molar-refractivity contribution in [3.8, 4) is 11.5 Å². The molecule has 0 saturated carbocycles. The van der Waals surface area contributed by atoms with Gasteiger partial charge in [0, 0.05) is 31.4 Å². The molecule has 5 heteroatoms. The van der Waals surface area contributed by atoms with Crippen LogP contribution in [-0.2, 0) is 13.6 Å². The van der Waals surface area contributed by atoms with Gasteiger partial charge in [0.15, 0.2) is 11.5 Å². The standard InChI is InChI=1S/C14H19N3O2/c1-10(12-7-8-17(2)16-12)15-9-11-5-4-6-13(19-3)14(11)18/h4-8,10,15,18H,9H2,1-3H3. The first-order valence-electron chi connectivity index (χ1n) is 6.19. The number of phenols is 1. The van der Waals surface area contributed by atoms with Crippen molar-refractivity contribution >= 4 is 0 Å². The highest BCUT2D eigenvalue weighted by Gasteiger charge is 2.11. The number of rotatable bonds is 5. The van der Waals surface area contributed by atoms with Gasteiger partial charge in [-0.3, -0.25) is 4.68 Å². The molecule has 2 rings (SSSR count). The summed E-state index contributed by atoms with van der Waals surface area (Å²) in [6.07, 6.45) is 1.91. The predicted octanol–water partition coefficient (Wildman–Crippen LogP) is 1.99. The maximum atomic E-state index is 9.99. The van der Waals surface area contributed by atoms with Gasteiger partial charge in [0.05, 0.1) is 12.8 Å². The second-order valence-electron chi connectivity index (χ2n) is 4.48. The first-order chi connectivity index (χ1) is 9.11. The Morgan fingerprint density at radius 2 is 2.21 bits per heavy atom. The van der Waals surface area contributed by atoms with Crippen LogP contribution in [0.25, 0.3) is 0 Å². The molecule has 0 aliphatic rings. The first-order valence-corrected chi connectivity index (χ1v) is 6.19. The molecule has 19 heavy (non-hydrogen) atoms. The first kappa shape index (κ1) is 13.4. The Hall–Kier alpha value is -2.01. The largest absolute Gasteiger partial charge is 0.504 e. The van der Waals surface area contributed by atoms with Gasteiger partial charge in [-0.25, -0.2) is 0 Å². The van der Waals surface area contributed by atoms with Crippen molar-refractivity contribution in [1.29, 1.82) is 0 Å². The summed E-state index contributed by atoms with van der Waals surface area (Å²) in [4.78, 5) is 0. The van der Waals surface area contributed by atoms with Crippen LogP contribution < -0.4 is 10.1 Å². The maximum absolute atomic E-state index is 9.99. The molecule has 1 unspecified atom stereocenters. The van der Waals surface area contributed by atoms with Gasteiger partial charge in [0.2, 0.25) is 0 Å². The average Bonchev–Trinajstić information content (AvgIpc) is 2.84. The number of benzene rings is 1. The Labute approximate surface area is 112 Å². The number of ether oxygens (including phenoxy) is 1. The van der Waals surface area contributed by atoms with Crippen LogP contribution in [0.5, 0.6) is 11.5 Å². The van der Waals surface area contributed by atoms with Crippen LogP contribution in [0.2, 0.25) is 0 Å². The van der Waals surface area contributed by atoms with Gasteiger partial charge in [0.1, 0.15) is 0 Å². The highest BCUT2D eigenvalue weighted by atomic mass is 16.5.